The zero-order chi connectivity index (χ0) is 15.5. The summed E-state index contributed by atoms with van der Waals surface area (Å²) >= 11 is 0. The summed E-state index contributed by atoms with van der Waals surface area (Å²) in [4.78, 5) is 32.7. The predicted octanol–water partition coefficient (Wildman–Crippen LogP) is 0.276. The molecule has 3 heterocycles. The first-order valence-corrected chi connectivity index (χ1v) is 7.30. The fourth-order valence-corrected chi connectivity index (χ4v) is 2.57. The summed E-state index contributed by atoms with van der Waals surface area (Å²) in [6, 6.07) is 3.54. The van der Waals surface area contributed by atoms with Crippen LogP contribution >= 0.6 is 0 Å². The quantitative estimate of drug-likeness (QED) is 0.758. The van der Waals surface area contributed by atoms with E-state index in [9.17, 15) is 14.7 Å². The van der Waals surface area contributed by atoms with Crippen LogP contribution in [0, 0.1) is 0 Å². The smallest absolute Gasteiger partial charge is 0.268 e. The van der Waals surface area contributed by atoms with Gasteiger partial charge in [0.25, 0.3) is 5.91 Å². The van der Waals surface area contributed by atoms with Gasteiger partial charge < -0.3 is 20.3 Å². The number of rotatable bonds is 3. The summed E-state index contributed by atoms with van der Waals surface area (Å²) in [6.45, 7) is 1.03. The van der Waals surface area contributed by atoms with E-state index in [2.05, 4.69) is 15.3 Å². The van der Waals surface area contributed by atoms with E-state index in [-0.39, 0.29) is 24.5 Å². The maximum absolute atomic E-state index is 12.1. The molecular formula is C15H18N4O3. The molecule has 0 unspecified atom stereocenters. The second kappa shape index (κ2) is 6.15. The number of aliphatic hydroxyl groups is 1. The molecule has 0 radical (unpaired) electrons. The molecule has 1 saturated heterocycles. The number of nitrogens with zero attached hydrogens (tertiary/aromatic N) is 2. The van der Waals surface area contributed by atoms with Crippen molar-refractivity contribution < 1.29 is 14.7 Å². The van der Waals surface area contributed by atoms with E-state index in [4.69, 9.17) is 0 Å². The number of amides is 2. The van der Waals surface area contributed by atoms with E-state index in [1.165, 1.54) is 0 Å². The number of H-pyrrole nitrogens is 1. The average molecular weight is 302 g/mol. The third kappa shape index (κ3) is 3.09. The van der Waals surface area contributed by atoms with Gasteiger partial charge in [-0.3, -0.25) is 14.6 Å². The molecule has 7 nitrogen and oxygen atoms in total. The minimum Gasteiger partial charge on any atom is -0.393 e. The minimum atomic E-state index is -0.321. The Balaban J connectivity index is 1.56. The second-order valence-corrected chi connectivity index (χ2v) is 5.44. The second-order valence-electron chi connectivity index (χ2n) is 5.44. The number of pyridine rings is 1. The van der Waals surface area contributed by atoms with Crippen molar-refractivity contribution in [2.45, 2.75) is 18.9 Å². The van der Waals surface area contributed by atoms with Gasteiger partial charge >= 0.3 is 0 Å². The van der Waals surface area contributed by atoms with Crippen molar-refractivity contribution in [3.8, 4) is 0 Å². The number of hydrogen-bond donors (Lipinski definition) is 3. The van der Waals surface area contributed by atoms with Crippen molar-refractivity contribution in [1.29, 1.82) is 0 Å². The SMILES string of the molecule is O=C(NCC(=O)N1CCC(O)CC1)c1cc2ccncc2[nH]1. The molecule has 1 aliphatic rings. The van der Waals surface area contributed by atoms with Gasteiger partial charge in [-0.25, -0.2) is 0 Å². The molecule has 0 aromatic carbocycles. The first-order chi connectivity index (χ1) is 10.6. The van der Waals surface area contributed by atoms with Crippen LogP contribution < -0.4 is 5.32 Å². The van der Waals surface area contributed by atoms with Crippen molar-refractivity contribution in [2.75, 3.05) is 19.6 Å². The first kappa shape index (κ1) is 14.5. The Kier molecular flexibility index (Phi) is 4.06. The molecular weight excluding hydrogens is 284 g/mol. The predicted molar refractivity (Wildman–Crippen MR) is 80.2 cm³/mol. The Bertz CT molecular complexity index is 656. The standard InChI is InChI=1S/C15H18N4O3/c20-11-2-5-19(6-3-11)14(21)9-17-15(22)12-7-10-1-4-16-8-13(10)18-12/h1,4,7-8,11,18,20H,2-3,5-6,9H2,(H,17,22). The van der Waals surface area contributed by atoms with E-state index in [0.717, 1.165) is 10.9 Å². The highest BCUT2D eigenvalue weighted by Crippen LogP contribution is 2.13. The summed E-state index contributed by atoms with van der Waals surface area (Å²) in [5.41, 5.74) is 1.19. The summed E-state index contributed by atoms with van der Waals surface area (Å²) in [6.07, 6.45) is 4.17. The lowest BCUT2D eigenvalue weighted by Crippen LogP contribution is -2.45. The highest BCUT2D eigenvalue weighted by Gasteiger charge is 2.21. The Morgan fingerprint density at radius 3 is 2.91 bits per heavy atom. The van der Waals surface area contributed by atoms with Crippen LogP contribution in [0.1, 0.15) is 23.3 Å². The fraction of sp³-hybridized carbons (Fsp3) is 0.400. The number of nitrogens with one attached hydrogen (secondary N) is 2. The van der Waals surface area contributed by atoms with Crippen LogP contribution in [0.3, 0.4) is 0 Å². The highest BCUT2D eigenvalue weighted by molar-refractivity contribution is 5.99. The van der Waals surface area contributed by atoms with Crippen molar-refractivity contribution >= 4 is 22.7 Å². The van der Waals surface area contributed by atoms with Gasteiger partial charge in [0.15, 0.2) is 0 Å². The summed E-state index contributed by atoms with van der Waals surface area (Å²) in [5.74, 6) is -0.445. The molecule has 116 valence electrons. The van der Waals surface area contributed by atoms with Crippen molar-refractivity contribution in [1.82, 2.24) is 20.2 Å². The van der Waals surface area contributed by atoms with Crippen molar-refractivity contribution in [3.05, 3.63) is 30.2 Å². The lowest BCUT2D eigenvalue weighted by Gasteiger charge is -2.29. The molecule has 0 atom stereocenters. The summed E-state index contributed by atoms with van der Waals surface area (Å²) in [7, 11) is 0. The van der Waals surface area contributed by atoms with Crippen molar-refractivity contribution in [3.63, 3.8) is 0 Å². The number of carbonyl (C=O) groups excluding carboxylic acids is 2. The molecule has 0 spiro atoms. The number of fused-ring (bicyclic) bond motifs is 1. The number of aromatic nitrogens is 2. The van der Waals surface area contributed by atoms with Gasteiger partial charge in [-0.15, -0.1) is 0 Å². The molecule has 2 amide bonds. The van der Waals surface area contributed by atoms with E-state index < -0.39 is 0 Å². The van der Waals surface area contributed by atoms with Crippen LogP contribution in [-0.2, 0) is 4.79 Å². The number of piperidine rings is 1. The molecule has 0 saturated carbocycles. The van der Waals surface area contributed by atoms with Gasteiger partial charge in [0.05, 0.1) is 24.4 Å². The first-order valence-electron chi connectivity index (χ1n) is 7.30. The van der Waals surface area contributed by atoms with E-state index in [1.807, 2.05) is 6.07 Å². The van der Waals surface area contributed by atoms with Gasteiger partial charge in [0.1, 0.15) is 5.69 Å². The van der Waals surface area contributed by atoms with Crippen LogP contribution in [-0.4, -0.2) is 57.5 Å². The van der Waals surface area contributed by atoms with Crippen LogP contribution in [0.4, 0.5) is 0 Å². The third-order valence-electron chi connectivity index (χ3n) is 3.89. The third-order valence-corrected chi connectivity index (χ3v) is 3.89. The Labute approximate surface area is 127 Å². The van der Waals surface area contributed by atoms with E-state index in [0.29, 0.717) is 31.6 Å². The van der Waals surface area contributed by atoms with Gasteiger partial charge in [-0.2, -0.15) is 0 Å². The van der Waals surface area contributed by atoms with Gasteiger partial charge in [0, 0.05) is 24.7 Å². The summed E-state index contributed by atoms with van der Waals surface area (Å²) < 4.78 is 0. The molecule has 2 aromatic heterocycles. The van der Waals surface area contributed by atoms with Gasteiger partial charge in [-0.05, 0) is 25.0 Å². The molecule has 0 bridgehead atoms. The minimum absolute atomic E-state index is 0.0391. The molecule has 7 heteroatoms. The summed E-state index contributed by atoms with van der Waals surface area (Å²) in [5, 5.41) is 13.0. The van der Waals surface area contributed by atoms with Gasteiger partial charge in [-0.1, -0.05) is 0 Å². The number of aliphatic hydroxyl groups excluding tert-OH is 1. The molecule has 1 fully saturated rings. The number of hydrogen-bond acceptors (Lipinski definition) is 4. The Hall–Kier alpha value is -2.41. The van der Waals surface area contributed by atoms with Crippen LogP contribution in [0.15, 0.2) is 24.5 Å². The zero-order valence-electron chi connectivity index (χ0n) is 12.1. The molecule has 2 aromatic rings. The number of carbonyl (C=O) groups is 2. The maximum Gasteiger partial charge on any atom is 0.268 e. The molecule has 22 heavy (non-hydrogen) atoms. The fourth-order valence-electron chi connectivity index (χ4n) is 2.57. The van der Waals surface area contributed by atoms with E-state index >= 15 is 0 Å². The van der Waals surface area contributed by atoms with E-state index in [1.54, 1.807) is 23.4 Å². The lowest BCUT2D eigenvalue weighted by atomic mass is 10.1. The monoisotopic (exact) mass is 302 g/mol. The van der Waals surface area contributed by atoms with Gasteiger partial charge in [0.2, 0.25) is 5.91 Å². The topological polar surface area (TPSA) is 98.3 Å². The number of likely N-dealkylation sites (tertiary alicyclic amines) is 1. The Morgan fingerprint density at radius 1 is 1.41 bits per heavy atom. The largest absolute Gasteiger partial charge is 0.393 e. The molecule has 0 aliphatic carbocycles. The van der Waals surface area contributed by atoms with Crippen LogP contribution in [0.2, 0.25) is 0 Å². The molecule has 3 N–H and O–H groups in total. The molecule has 1 aliphatic heterocycles. The average Bonchev–Trinajstić information content (AvgIpc) is 2.97. The maximum atomic E-state index is 12.1. The molecule has 3 rings (SSSR count). The normalized spacial score (nSPS) is 16.0. The lowest BCUT2D eigenvalue weighted by molar-refractivity contribution is -0.132. The van der Waals surface area contributed by atoms with Crippen LogP contribution in [0.5, 0.6) is 0 Å². The zero-order valence-corrected chi connectivity index (χ0v) is 12.1. The van der Waals surface area contributed by atoms with Crippen LogP contribution in [0.25, 0.3) is 10.9 Å². The van der Waals surface area contributed by atoms with Crippen molar-refractivity contribution in [2.24, 2.45) is 0 Å². The number of aromatic amines is 1. The Morgan fingerprint density at radius 2 is 2.18 bits per heavy atom. The highest BCUT2D eigenvalue weighted by atomic mass is 16.3.